The van der Waals surface area contributed by atoms with Crippen LogP contribution < -0.4 is 10.2 Å². The predicted molar refractivity (Wildman–Crippen MR) is 92.4 cm³/mol. The summed E-state index contributed by atoms with van der Waals surface area (Å²) in [7, 11) is 0. The fraction of sp³-hybridized carbons (Fsp3) is 0.611. The molecule has 0 unspecified atom stereocenters. The highest BCUT2D eigenvalue weighted by Crippen LogP contribution is 2.44. The van der Waals surface area contributed by atoms with Crippen LogP contribution in [0, 0.1) is 11.3 Å². The van der Waals surface area contributed by atoms with Gasteiger partial charge in [-0.25, -0.2) is 4.79 Å². The molecule has 3 aliphatic rings. The lowest BCUT2D eigenvalue weighted by Gasteiger charge is -2.27. The first-order chi connectivity index (χ1) is 12.1. The van der Waals surface area contributed by atoms with E-state index in [-0.39, 0.29) is 24.5 Å². The summed E-state index contributed by atoms with van der Waals surface area (Å²) in [5.74, 6) is -0.849. The van der Waals surface area contributed by atoms with Crippen molar-refractivity contribution < 1.29 is 14.7 Å². The van der Waals surface area contributed by atoms with Gasteiger partial charge in [0.2, 0.25) is 0 Å². The summed E-state index contributed by atoms with van der Waals surface area (Å²) < 4.78 is 0. The Morgan fingerprint density at radius 2 is 1.88 bits per heavy atom. The molecule has 2 atom stereocenters. The minimum atomic E-state index is -0.879. The molecule has 0 spiro atoms. The summed E-state index contributed by atoms with van der Waals surface area (Å²) in [6, 6.07) is 3.96. The smallest absolute Gasteiger partial charge is 0.317 e. The number of aromatic nitrogens is 1. The Bertz CT molecular complexity index is 662. The first-order valence-electron chi connectivity index (χ1n) is 9.02. The van der Waals surface area contributed by atoms with Crippen LogP contribution in [0.3, 0.4) is 0 Å². The van der Waals surface area contributed by atoms with Crippen molar-refractivity contribution in [2.75, 3.05) is 31.1 Å². The van der Waals surface area contributed by atoms with Crippen LogP contribution in [-0.4, -0.2) is 59.2 Å². The SMILES string of the molecule is O=C(NC1CCCC1)N1C[C@H]2CN(c3ccncc3)C[C@@]2(C(=O)O)C1. The van der Waals surface area contributed by atoms with Crippen LogP contribution in [-0.2, 0) is 4.79 Å². The molecule has 0 radical (unpaired) electrons. The zero-order chi connectivity index (χ0) is 17.4. The predicted octanol–water partition coefficient (Wildman–Crippen LogP) is 1.56. The largest absolute Gasteiger partial charge is 0.481 e. The topological polar surface area (TPSA) is 85.8 Å². The molecule has 7 heteroatoms. The molecule has 1 aromatic heterocycles. The first-order valence-corrected chi connectivity index (χ1v) is 9.02. The normalized spacial score (nSPS) is 29.0. The molecule has 2 aliphatic heterocycles. The molecule has 3 heterocycles. The van der Waals surface area contributed by atoms with E-state index in [1.165, 1.54) is 0 Å². The van der Waals surface area contributed by atoms with Gasteiger partial charge >= 0.3 is 12.0 Å². The first kappa shape index (κ1) is 16.2. The molecule has 2 N–H and O–H groups in total. The van der Waals surface area contributed by atoms with E-state index in [1.54, 1.807) is 17.3 Å². The average Bonchev–Trinajstić information content (AvgIpc) is 3.29. The van der Waals surface area contributed by atoms with Crippen LogP contribution in [0.25, 0.3) is 0 Å². The maximum atomic E-state index is 12.5. The van der Waals surface area contributed by atoms with Crippen molar-refractivity contribution in [2.45, 2.75) is 31.7 Å². The molecule has 7 nitrogen and oxygen atoms in total. The number of rotatable bonds is 3. The molecular weight excluding hydrogens is 320 g/mol. The van der Waals surface area contributed by atoms with Crippen molar-refractivity contribution in [1.82, 2.24) is 15.2 Å². The van der Waals surface area contributed by atoms with Crippen molar-refractivity contribution in [2.24, 2.45) is 11.3 Å². The van der Waals surface area contributed by atoms with Gasteiger partial charge in [-0.3, -0.25) is 9.78 Å². The van der Waals surface area contributed by atoms with Gasteiger partial charge in [0.15, 0.2) is 0 Å². The van der Waals surface area contributed by atoms with E-state index in [0.717, 1.165) is 31.4 Å². The molecule has 134 valence electrons. The van der Waals surface area contributed by atoms with E-state index in [1.807, 2.05) is 12.1 Å². The minimum Gasteiger partial charge on any atom is -0.481 e. The highest BCUT2D eigenvalue weighted by atomic mass is 16.4. The summed E-state index contributed by atoms with van der Waals surface area (Å²) >= 11 is 0. The van der Waals surface area contributed by atoms with E-state index >= 15 is 0 Å². The summed E-state index contributed by atoms with van der Waals surface area (Å²) in [6.07, 6.45) is 7.82. The zero-order valence-electron chi connectivity index (χ0n) is 14.2. The Hall–Kier alpha value is -2.31. The molecule has 0 bridgehead atoms. The highest BCUT2D eigenvalue weighted by Gasteiger charge is 2.58. The Labute approximate surface area is 147 Å². The molecule has 1 saturated carbocycles. The molecule has 3 fully saturated rings. The Morgan fingerprint density at radius 1 is 1.16 bits per heavy atom. The third-order valence-corrected chi connectivity index (χ3v) is 6.03. The number of amides is 2. The van der Waals surface area contributed by atoms with Crippen LogP contribution in [0.4, 0.5) is 10.5 Å². The number of hydrogen-bond acceptors (Lipinski definition) is 4. The van der Waals surface area contributed by atoms with Crippen molar-refractivity contribution in [3.05, 3.63) is 24.5 Å². The number of carbonyl (C=O) groups excluding carboxylic acids is 1. The number of pyridine rings is 1. The maximum Gasteiger partial charge on any atom is 0.317 e. The monoisotopic (exact) mass is 344 g/mol. The van der Waals surface area contributed by atoms with Crippen LogP contribution in [0.2, 0.25) is 0 Å². The van der Waals surface area contributed by atoms with Crippen molar-refractivity contribution in [3.8, 4) is 0 Å². The third-order valence-electron chi connectivity index (χ3n) is 6.03. The number of hydrogen-bond donors (Lipinski definition) is 2. The van der Waals surface area contributed by atoms with Gasteiger partial charge in [-0.05, 0) is 25.0 Å². The number of fused-ring (bicyclic) bond motifs is 1. The summed E-state index contributed by atoms with van der Waals surface area (Å²) in [5.41, 5.74) is 0.114. The second kappa shape index (κ2) is 6.20. The number of carboxylic acids is 1. The van der Waals surface area contributed by atoms with Crippen molar-refractivity contribution in [3.63, 3.8) is 0 Å². The lowest BCUT2D eigenvalue weighted by Crippen LogP contribution is -2.46. The number of nitrogens with zero attached hydrogens (tertiary/aromatic N) is 3. The van der Waals surface area contributed by atoms with E-state index in [9.17, 15) is 14.7 Å². The van der Waals surface area contributed by atoms with E-state index in [2.05, 4.69) is 15.2 Å². The maximum absolute atomic E-state index is 12.5. The third kappa shape index (κ3) is 2.81. The Kier molecular flexibility index (Phi) is 4.01. The summed E-state index contributed by atoms with van der Waals surface area (Å²) in [6.45, 7) is 1.88. The van der Waals surface area contributed by atoms with E-state index < -0.39 is 11.4 Å². The second-order valence-electron chi connectivity index (χ2n) is 7.56. The molecule has 4 rings (SSSR count). The van der Waals surface area contributed by atoms with Gasteiger partial charge in [0.25, 0.3) is 0 Å². The van der Waals surface area contributed by atoms with Gasteiger partial charge in [0.05, 0.1) is 0 Å². The summed E-state index contributed by atoms with van der Waals surface area (Å²) in [5, 5.41) is 13.0. The van der Waals surface area contributed by atoms with E-state index in [0.29, 0.717) is 19.6 Å². The lowest BCUT2D eigenvalue weighted by atomic mass is 9.81. The quantitative estimate of drug-likeness (QED) is 0.869. The lowest BCUT2D eigenvalue weighted by molar-refractivity contribution is -0.148. The average molecular weight is 344 g/mol. The van der Waals surface area contributed by atoms with Crippen molar-refractivity contribution >= 4 is 17.7 Å². The van der Waals surface area contributed by atoms with Crippen LogP contribution in [0.15, 0.2) is 24.5 Å². The molecule has 0 aromatic carbocycles. The molecule has 25 heavy (non-hydrogen) atoms. The standard InChI is InChI=1S/C18H24N4O3/c23-16(24)18-11-21(15-5-7-19-8-6-15)9-13(18)10-22(12-18)17(25)20-14-3-1-2-4-14/h5-8,13-14H,1-4,9-12H2,(H,20,25)(H,23,24)/t13-,18-/m1/s1. The number of carboxylic acid groups (broad SMARTS) is 1. The van der Waals surface area contributed by atoms with E-state index in [4.69, 9.17) is 0 Å². The number of anilines is 1. The van der Waals surface area contributed by atoms with Gasteiger partial charge in [-0.1, -0.05) is 12.8 Å². The molecule has 1 aliphatic carbocycles. The molecule has 1 aromatic rings. The molecular formula is C18H24N4O3. The van der Waals surface area contributed by atoms with Gasteiger partial charge in [-0.15, -0.1) is 0 Å². The number of nitrogens with one attached hydrogen (secondary N) is 1. The highest BCUT2D eigenvalue weighted by molar-refractivity contribution is 5.82. The Morgan fingerprint density at radius 3 is 2.52 bits per heavy atom. The minimum absolute atomic E-state index is 0.0486. The number of carbonyl (C=O) groups is 2. The number of urea groups is 1. The van der Waals surface area contributed by atoms with Crippen LogP contribution >= 0.6 is 0 Å². The fourth-order valence-corrected chi connectivity index (χ4v) is 4.61. The van der Waals surface area contributed by atoms with Gasteiger partial charge < -0.3 is 20.2 Å². The van der Waals surface area contributed by atoms with Gasteiger partial charge in [0.1, 0.15) is 5.41 Å². The number of aliphatic carboxylic acids is 1. The molecule has 2 amide bonds. The zero-order valence-corrected chi connectivity index (χ0v) is 14.2. The van der Waals surface area contributed by atoms with Crippen molar-refractivity contribution in [1.29, 1.82) is 0 Å². The second-order valence-corrected chi connectivity index (χ2v) is 7.56. The van der Waals surface area contributed by atoms with Gasteiger partial charge in [0, 0.05) is 56.2 Å². The van der Waals surface area contributed by atoms with Crippen LogP contribution in [0.1, 0.15) is 25.7 Å². The Balaban J connectivity index is 1.47. The number of likely N-dealkylation sites (tertiary alicyclic amines) is 1. The molecule has 2 saturated heterocycles. The van der Waals surface area contributed by atoms with Crippen LogP contribution in [0.5, 0.6) is 0 Å². The summed E-state index contributed by atoms with van der Waals surface area (Å²) in [4.78, 5) is 32.5. The van der Waals surface area contributed by atoms with Gasteiger partial charge in [-0.2, -0.15) is 0 Å². The fourth-order valence-electron chi connectivity index (χ4n) is 4.61.